The lowest BCUT2D eigenvalue weighted by atomic mass is 9.91. The van der Waals surface area contributed by atoms with Crippen LogP contribution in [-0.2, 0) is 9.59 Å². The van der Waals surface area contributed by atoms with E-state index in [-0.39, 0.29) is 12.8 Å². The van der Waals surface area contributed by atoms with Gasteiger partial charge in [0.05, 0.1) is 0 Å². The molecule has 23 heavy (non-hydrogen) atoms. The van der Waals surface area contributed by atoms with E-state index in [0.717, 1.165) is 44.9 Å². The Balaban J connectivity index is 3.68. The van der Waals surface area contributed by atoms with E-state index in [4.69, 9.17) is 10.2 Å². The van der Waals surface area contributed by atoms with E-state index in [1.165, 1.54) is 38.5 Å². The van der Waals surface area contributed by atoms with Gasteiger partial charge in [0.15, 0.2) is 0 Å². The molecule has 0 aromatic carbocycles. The summed E-state index contributed by atoms with van der Waals surface area (Å²) in [6.45, 7) is 2.22. The molecule has 0 bridgehead atoms. The molecule has 0 aliphatic heterocycles. The van der Waals surface area contributed by atoms with Crippen molar-refractivity contribution in [2.45, 2.75) is 103 Å². The lowest BCUT2D eigenvalue weighted by molar-refractivity contribution is -0.138. The third kappa shape index (κ3) is 17.1. The van der Waals surface area contributed by atoms with Crippen LogP contribution in [0.15, 0.2) is 0 Å². The first-order valence-electron chi connectivity index (χ1n) is 9.49. The molecular formula is C19H36O4. The van der Waals surface area contributed by atoms with Crippen molar-refractivity contribution in [2.75, 3.05) is 0 Å². The smallest absolute Gasteiger partial charge is 0.303 e. The van der Waals surface area contributed by atoms with Gasteiger partial charge in [-0.2, -0.15) is 0 Å². The molecule has 1 atom stereocenters. The van der Waals surface area contributed by atoms with E-state index in [2.05, 4.69) is 6.92 Å². The summed E-state index contributed by atoms with van der Waals surface area (Å²) in [5, 5.41) is 17.6. The van der Waals surface area contributed by atoms with Gasteiger partial charge in [-0.3, -0.25) is 9.59 Å². The minimum Gasteiger partial charge on any atom is -0.481 e. The fourth-order valence-corrected chi connectivity index (χ4v) is 3.05. The third-order valence-corrected chi connectivity index (χ3v) is 4.43. The van der Waals surface area contributed by atoms with Crippen LogP contribution in [0, 0.1) is 5.92 Å². The highest BCUT2D eigenvalue weighted by molar-refractivity contribution is 5.67. The summed E-state index contributed by atoms with van der Waals surface area (Å²) >= 11 is 0. The largest absolute Gasteiger partial charge is 0.481 e. The van der Waals surface area contributed by atoms with Crippen LogP contribution in [-0.4, -0.2) is 22.2 Å². The predicted octanol–water partition coefficient (Wildman–Crippen LogP) is 5.64. The summed E-state index contributed by atoms with van der Waals surface area (Å²) in [5.74, 6) is -1.13. The molecule has 2 N–H and O–H groups in total. The molecule has 136 valence electrons. The summed E-state index contributed by atoms with van der Waals surface area (Å²) in [7, 11) is 0. The molecule has 0 radical (unpaired) electrons. The fourth-order valence-electron chi connectivity index (χ4n) is 3.05. The molecule has 0 rings (SSSR count). The number of hydrogen-bond donors (Lipinski definition) is 2. The average molecular weight is 328 g/mol. The number of carboxylic acids is 2. The lowest BCUT2D eigenvalue weighted by Crippen LogP contribution is -2.08. The van der Waals surface area contributed by atoms with Gasteiger partial charge in [0.2, 0.25) is 0 Å². The van der Waals surface area contributed by atoms with Crippen molar-refractivity contribution in [3.8, 4) is 0 Å². The number of unbranched alkanes of at least 4 members (excludes halogenated alkanes) is 9. The second-order valence-electron chi connectivity index (χ2n) is 6.72. The van der Waals surface area contributed by atoms with Crippen LogP contribution >= 0.6 is 0 Å². The molecule has 0 saturated heterocycles. The molecule has 0 heterocycles. The van der Waals surface area contributed by atoms with Crippen LogP contribution in [0.25, 0.3) is 0 Å². The molecule has 1 unspecified atom stereocenters. The zero-order chi connectivity index (χ0) is 17.3. The lowest BCUT2D eigenvalue weighted by Gasteiger charge is -2.14. The summed E-state index contributed by atoms with van der Waals surface area (Å²) in [4.78, 5) is 21.4. The Labute approximate surface area is 141 Å². The van der Waals surface area contributed by atoms with Crippen LogP contribution in [0.2, 0.25) is 0 Å². The van der Waals surface area contributed by atoms with Gasteiger partial charge in [0, 0.05) is 12.8 Å². The Bertz CT molecular complexity index is 302. The first kappa shape index (κ1) is 21.9. The molecule has 0 aliphatic carbocycles. The Morgan fingerprint density at radius 1 is 0.696 bits per heavy atom. The number of carbonyl (C=O) groups is 2. The quantitative estimate of drug-likeness (QED) is 0.339. The van der Waals surface area contributed by atoms with E-state index < -0.39 is 11.9 Å². The van der Waals surface area contributed by atoms with Crippen molar-refractivity contribution in [3.63, 3.8) is 0 Å². The van der Waals surface area contributed by atoms with E-state index in [1.54, 1.807) is 0 Å². The Kier molecular flexibility index (Phi) is 15.1. The number of carboxylic acid groups (broad SMARTS) is 2. The maximum Gasteiger partial charge on any atom is 0.303 e. The molecule has 0 fully saturated rings. The molecule has 0 spiro atoms. The van der Waals surface area contributed by atoms with Crippen LogP contribution in [0.1, 0.15) is 103 Å². The molecular weight excluding hydrogens is 292 g/mol. The normalized spacial score (nSPS) is 12.2. The van der Waals surface area contributed by atoms with Gasteiger partial charge in [-0.05, 0) is 25.2 Å². The van der Waals surface area contributed by atoms with Crippen LogP contribution in [0.4, 0.5) is 0 Å². The molecule has 4 nitrogen and oxygen atoms in total. The maximum absolute atomic E-state index is 11.0. The molecule has 0 aromatic rings. The van der Waals surface area contributed by atoms with Crippen molar-refractivity contribution in [3.05, 3.63) is 0 Å². The van der Waals surface area contributed by atoms with Gasteiger partial charge >= 0.3 is 11.9 Å². The second kappa shape index (κ2) is 15.8. The molecule has 0 amide bonds. The summed E-state index contributed by atoms with van der Waals surface area (Å²) in [6, 6.07) is 0. The third-order valence-electron chi connectivity index (χ3n) is 4.43. The van der Waals surface area contributed by atoms with Crippen molar-refractivity contribution in [2.24, 2.45) is 5.92 Å². The topological polar surface area (TPSA) is 74.6 Å². The second-order valence-corrected chi connectivity index (χ2v) is 6.72. The first-order valence-corrected chi connectivity index (χ1v) is 9.49. The molecule has 4 heteroatoms. The maximum atomic E-state index is 11.0. The average Bonchev–Trinajstić information content (AvgIpc) is 2.48. The first-order chi connectivity index (χ1) is 11.1. The highest BCUT2D eigenvalue weighted by Gasteiger charge is 2.12. The van der Waals surface area contributed by atoms with Crippen molar-refractivity contribution >= 4 is 11.9 Å². The van der Waals surface area contributed by atoms with E-state index in [9.17, 15) is 9.59 Å². The van der Waals surface area contributed by atoms with Crippen molar-refractivity contribution in [1.82, 2.24) is 0 Å². The van der Waals surface area contributed by atoms with E-state index in [1.807, 2.05) is 0 Å². The summed E-state index contributed by atoms with van der Waals surface area (Å²) < 4.78 is 0. The van der Waals surface area contributed by atoms with Gasteiger partial charge in [0.1, 0.15) is 0 Å². The zero-order valence-corrected chi connectivity index (χ0v) is 14.9. The number of hydrogen-bond acceptors (Lipinski definition) is 2. The van der Waals surface area contributed by atoms with Crippen LogP contribution < -0.4 is 0 Å². The number of rotatable bonds is 17. The Morgan fingerprint density at radius 3 is 1.65 bits per heavy atom. The van der Waals surface area contributed by atoms with Gasteiger partial charge < -0.3 is 10.2 Å². The van der Waals surface area contributed by atoms with E-state index >= 15 is 0 Å². The molecule has 0 aliphatic rings. The van der Waals surface area contributed by atoms with E-state index in [0.29, 0.717) is 5.92 Å². The van der Waals surface area contributed by atoms with Crippen molar-refractivity contribution < 1.29 is 19.8 Å². The molecule has 0 aromatic heterocycles. The Hall–Kier alpha value is -1.06. The van der Waals surface area contributed by atoms with Crippen molar-refractivity contribution in [1.29, 1.82) is 0 Å². The predicted molar refractivity (Wildman–Crippen MR) is 93.7 cm³/mol. The SMILES string of the molecule is CCCCCCCCCC(CCCCCCC(=O)O)CC(=O)O. The summed E-state index contributed by atoms with van der Waals surface area (Å²) in [5.41, 5.74) is 0. The minimum atomic E-state index is -0.729. The van der Waals surface area contributed by atoms with Gasteiger partial charge in [-0.1, -0.05) is 71.1 Å². The monoisotopic (exact) mass is 328 g/mol. The zero-order valence-electron chi connectivity index (χ0n) is 14.9. The van der Waals surface area contributed by atoms with Gasteiger partial charge in [0.25, 0.3) is 0 Å². The summed E-state index contributed by atoms with van der Waals surface area (Å²) in [6.07, 6.45) is 15.1. The van der Waals surface area contributed by atoms with Gasteiger partial charge in [-0.25, -0.2) is 0 Å². The Morgan fingerprint density at radius 2 is 1.17 bits per heavy atom. The van der Waals surface area contributed by atoms with Crippen LogP contribution in [0.3, 0.4) is 0 Å². The number of aliphatic carboxylic acids is 2. The van der Waals surface area contributed by atoms with Gasteiger partial charge in [-0.15, -0.1) is 0 Å². The minimum absolute atomic E-state index is 0.247. The molecule has 0 saturated carbocycles. The highest BCUT2D eigenvalue weighted by atomic mass is 16.4. The standard InChI is InChI=1S/C19H36O4/c1-2-3-4-5-6-7-10-13-17(16-19(22)23)14-11-8-9-12-15-18(20)21/h17H,2-16H2,1H3,(H,20,21)(H,22,23). The fraction of sp³-hybridized carbons (Fsp3) is 0.895. The van der Waals surface area contributed by atoms with Crippen LogP contribution in [0.5, 0.6) is 0 Å². The highest BCUT2D eigenvalue weighted by Crippen LogP contribution is 2.22.